The van der Waals surface area contributed by atoms with Crippen LogP contribution in [0.3, 0.4) is 0 Å². The lowest BCUT2D eigenvalue weighted by Crippen LogP contribution is -1.92. The van der Waals surface area contributed by atoms with Crippen LogP contribution in [0.5, 0.6) is 11.5 Å². The molecule has 4 heteroatoms. The maximum absolute atomic E-state index is 13.2. The van der Waals surface area contributed by atoms with Gasteiger partial charge in [0.05, 0.1) is 5.52 Å². The zero-order chi connectivity index (χ0) is 13.9. The van der Waals surface area contributed by atoms with Gasteiger partial charge in [-0.25, -0.2) is 4.39 Å². The molecule has 2 aromatic carbocycles. The lowest BCUT2D eigenvalue weighted by Gasteiger charge is -2.10. The van der Waals surface area contributed by atoms with Crippen LogP contribution in [-0.4, -0.2) is 4.98 Å². The third-order valence-corrected chi connectivity index (χ3v) is 2.86. The van der Waals surface area contributed by atoms with Crippen molar-refractivity contribution in [1.82, 2.24) is 4.98 Å². The van der Waals surface area contributed by atoms with E-state index in [0.29, 0.717) is 17.1 Å². The van der Waals surface area contributed by atoms with Crippen molar-refractivity contribution in [2.75, 3.05) is 0 Å². The molecular weight excluding hydrogens is 255 g/mol. The molecule has 0 aliphatic heterocycles. The molecule has 0 atom stereocenters. The highest BCUT2D eigenvalue weighted by molar-refractivity contribution is 5.87. The Morgan fingerprint density at radius 2 is 1.95 bits per heavy atom. The third-order valence-electron chi connectivity index (χ3n) is 2.86. The molecule has 1 aromatic heterocycles. The first-order valence-electron chi connectivity index (χ1n) is 5.99. The molecule has 0 radical (unpaired) electrons. The van der Waals surface area contributed by atoms with Crippen LogP contribution in [0.1, 0.15) is 5.56 Å². The number of ether oxygens (including phenoxy) is 1. The van der Waals surface area contributed by atoms with Gasteiger partial charge in [-0.15, -0.1) is 0 Å². The number of benzene rings is 2. The van der Waals surface area contributed by atoms with E-state index in [9.17, 15) is 4.39 Å². The van der Waals surface area contributed by atoms with E-state index in [-0.39, 0.29) is 5.82 Å². The number of halogens is 1. The van der Waals surface area contributed by atoms with Gasteiger partial charge in [0.25, 0.3) is 0 Å². The van der Waals surface area contributed by atoms with Crippen molar-refractivity contribution in [2.24, 2.45) is 0 Å². The van der Waals surface area contributed by atoms with Crippen LogP contribution in [0.25, 0.3) is 10.9 Å². The molecule has 0 aliphatic carbocycles. The molecule has 0 bridgehead atoms. The van der Waals surface area contributed by atoms with Crippen molar-refractivity contribution in [3.63, 3.8) is 0 Å². The monoisotopic (exact) mass is 264 g/mol. The van der Waals surface area contributed by atoms with Gasteiger partial charge >= 0.3 is 0 Å². The Morgan fingerprint density at radius 1 is 1.10 bits per heavy atom. The molecule has 0 spiro atoms. The molecule has 3 rings (SSSR count). The van der Waals surface area contributed by atoms with Crippen molar-refractivity contribution in [3.8, 4) is 17.6 Å². The molecule has 0 fully saturated rings. The normalized spacial score (nSPS) is 10.2. The summed E-state index contributed by atoms with van der Waals surface area (Å²) < 4.78 is 18.9. The lowest BCUT2D eigenvalue weighted by atomic mass is 10.1. The van der Waals surface area contributed by atoms with Gasteiger partial charge in [0.15, 0.2) is 5.75 Å². The molecule has 3 nitrogen and oxygen atoms in total. The Labute approximate surface area is 114 Å². The van der Waals surface area contributed by atoms with E-state index in [1.165, 1.54) is 18.3 Å². The van der Waals surface area contributed by atoms with Gasteiger partial charge in [-0.05, 0) is 24.3 Å². The number of pyridine rings is 1. The molecule has 20 heavy (non-hydrogen) atoms. The molecule has 1 heterocycles. The molecule has 96 valence electrons. The smallest absolute Gasteiger partial charge is 0.156 e. The first-order chi connectivity index (χ1) is 9.78. The minimum atomic E-state index is -0.389. The van der Waals surface area contributed by atoms with Crippen molar-refractivity contribution in [3.05, 3.63) is 66.1 Å². The SMILES string of the molecule is N#Cc1cnc2ccccc2c1Oc1cccc(F)c1. The van der Waals surface area contributed by atoms with E-state index in [2.05, 4.69) is 4.98 Å². The molecular formula is C16H9FN2O. The molecule has 3 aromatic rings. The van der Waals surface area contributed by atoms with Crippen LogP contribution in [0.15, 0.2) is 54.7 Å². The number of hydrogen-bond donors (Lipinski definition) is 0. The summed E-state index contributed by atoms with van der Waals surface area (Å²) in [6.45, 7) is 0. The molecule has 0 amide bonds. The standard InChI is InChI=1S/C16H9FN2O/c17-12-4-3-5-13(8-12)20-16-11(9-18)10-19-15-7-2-1-6-14(15)16/h1-8,10H. The van der Waals surface area contributed by atoms with Crippen molar-refractivity contribution in [1.29, 1.82) is 5.26 Å². The predicted molar refractivity (Wildman–Crippen MR) is 72.9 cm³/mol. The fraction of sp³-hybridized carbons (Fsp3) is 0. The Balaban J connectivity index is 2.17. The van der Waals surface area contributed by atoms with Crippen LogP contribution in [0.2, 0.25) is 0 Å². The van der Waals surface area contributed by atoms with E-state index in [1.54, 1.807) is 12.1 Å². The summed E-state index contributed by atoms with van der Waals surface area (Å²) in [6.07, 6.45) is 1.46. The first-order valence-corrected chi connectivity index (χ1v) is 5.99. The van der Waals surface area contributed by atoms with Gasteiger partial charge in [0.2, 0.25) is 0 Å². The number of para-hydroxylation sites is 1. The molecule has 0 aliphatic rings. The number of nitrogens with zero attached hydrogens (tertiary/aromatic N) is 2. The maximum atomic E-state index is 13.2. The van der Waals surface area contributed by atoms with E-state index in [0.717, 1.165) is 10.9 Å². The van der Waals surface area contributed by atoms with Gasteiger partial charge in [0, 0.05) is 17.6 Å². The maximum Gasteiger partial charge on any atom is 0.156 e. The quantitative estimate of drug-likeness (QED) is 0.701. The predicted octanol–water partition coefficient (Wildman–Crippen LogP) is 4.04. The van der Waals surface area contributed by atoms with Gasteiger partial charge in [-0.3, -0.25) is 4.98 Å². The second kappa shape index (κ2) is 4.98. The second-order valence-electron chi connectivity index (χ2n) is 4.19. The highest BCUT2D eigenvalue weighted by atomic mass is 19.1. The van der Waals surface area contributed by atoms with Crippen molar-refractivity contribution in [2.45, 2.75) is 0 Å². The molecule has 0 N–H and O–H groups in total. The zero-order valence-electron chi connectivity index (χ0n) is 10.4. The van der Waals surface area contributed by atoms with Crippen molar-refractivity contribution >= 4 is 10.9 Å². The van der Waals surface area contributed by atoms with Gasteiger partial charge in [-0.1, -0.05) is 18.2 Å². The highest BCUT2D eigenvalue weighted by Crippen LogP contribution is 2.32. The summed E-state index contributed by atoms with van der Waals surface area (Å²) in [5, 5.41) is 9.88. The molecule has 0 saturated heterocycles. The average Bonchev–Trinajstić information content (AvgIpc) is 2.48. The van der Waals surface area contributed by atoms with Crippen LogP contribution < -0.4 is 4.74 Å². The first kappa shape index (κ1) is 12.1. The summed E-state index contributed by atoms with van der Waals surface area (Å²) in [6, 6.07) is 15.2. The van der Waals surface area contributed by atoms with Crippen molar-refractivity contribution < 1.29 is 9.13 Å². The Kier molecular flexibility index (Phi) is 3.02. The van der Waals surface area contributed by atoms with Crippen LogP contribution in [0, 0.1) is 17.1 Å². The minimum Gasteiger partial charge on any atom is -0.455 e. The number of fused-ring (bicyclic) bond motifs is 1. The molecule has 0 saturated carbocycles. The van der Waals surface area contributed by atoms with E-state index in [4.69, 9.17) is 10.00 Å². The average molecular weight is 264 g/mol. The summed E-state index contributed by atoms with van der Waals surface area (Å²) in [4.78, 5) is 4.20. The largest absolute Gasteiger partial charge is 0.455 e. The van der Waals surface area contributed by atoms with Crippen LogP contribution in [0.4, 0.5) is 4.39 Å². The third kappa shape index (κ3) is 2.17. The number of nitriles is 1. The fourth-order valence-corrected chi connectivity index (χ4v) is 1.95. The zero-order valence-corrected chi connectivity index (χ0v) is 10.4. The minimum absolute atomic E-state index is 0.313. The number of rotatable bonds is 2. The fourth-order valence-electron chi connectivity index (χ4n) is 1.95. The van der Waals surface area contributed by atoms with Gasteiger partial charge in [0.1, 0.15) is 23.2 Å². The highest BCUT2D eigenvalue weighted by Gasteiger charge is 2.11. The Hall–Kier alpha value is -2.93. The number of hydrogen-bond acceptors (Lipinski definition) is 3. The van der Waals surface area contributed by atoms with Crippen LogP contribution in [-0.2, 0) is 0 Å². The summed E-state index contributed by atoms with van der Waals surface area (Å²) >= 11 is 0. The topological polar surface area (TPSA) is 45.9 Å². The summed E-state index contributed by atoms with van der Waals surface area (Å²) in [5.74, 6) is 0.348. The van der Waals surface area contributed by atoms with E-state index >= 15 is 0 Å². The van der Waals surface area contributed by atoms with E-state index < -0.39 is 0 Å². The Bertz CT molecular complexity index is 824. The summed E-state index contributed by atoms with van der Waals surface area (Å²) in [5.41, 5.74) is 1.03. The van der Waals surface area contributed by atoms with Crippen LogP contribution >= 0.6 is 0 Å². The lowest BCUT2D eigenvalue weighted by molar-refractivity contribution is 0.480. The number of aromatic nitrogens is 1. The van der Waals surface area contributed by atoms with E-state index in [1.807, 2.05) is 30.3 Å². The molecule has 0 unspecified atom stereocenters. The van der Waals surface area contributed by atoms with Gasteiger partial charge in [-0.2, -0.15) is 5.26 Å². The summed E-state index contributed by atoms with van der Waals surface area (Å²) in [7, 11) is 0. The Morgan fingerprint density at radius 3 is 2.75 bits per heavy atom. The second-order valence-corrected chi connectivity index (χ2v) is 4.19. The van der Waals surface area contributed by atoms with Gasteiger partial charge < -0.3 is 4.74 Å².